The van der Waals surface area contributed by atoms with E-state index in [9.17, 15) is 0 Å². The van der Waals surface area contributed by atoms with E-state index in [0.717, 1.165) is 12.2 Å². The molecule has 2 aromatic rings. The quantitative estimate of drug-likeness (QED) is 0.814. The molecule has 0 aromatic heterocycles. The molecule has 2 nitrogen and oxygen atoms in total. The highest BCUT2D eigenvalue weighted by Crippen LogP contribution is 2.17. The van der Waals surface area contributed by atoms with Gasteiger partial charge in [-0.05, 0) is 36.8 Å². The molecule has 2 aromatic carbocycles. The third-order valence-electron chi connectivity index (χ3n) is 2.85. The molecule has 0 atom stereocenters. The van der Waals surface area contributed by atoms with Crippen LogP contribution in [0.25, 0.3) is 0 Å². The minimum atomic E-state index is 0.819. The second kappa shape index (κ2) is 4.91. The number of rotatable bonds is 3. The zero-order valence-electron chi connectivity index (χ0n) is 10.4. The Hall–Kier alpha value is -1.96. The van der Waals surface area contributed by atoms with Gasteiger partial charge >= 0.3 is 0 Å². The molecule has 2 heteroatoms. The molecule has 17 heavy (non-hydrogen) atoms. The molecule has 0 bridgehead atoms. The number of anilines is 2. The molecule has 0 amide bonds. The molecule has 2 rings (SSSR count). The average molecular weight is 226 g/mol. The summed E-state index contributed by atoms with van der Waals surface area (Å²) in [6.07, 6.45) is 0. The Morgan fingerprint density at radius 2 is 1.76 bits per heavy atom. The van der Waals surface area contributed by atoms with Gasteiger partial charge in [0, 0.05) is 25.0 Å². The maximum absolute atomic E-state index is 5.77. The first-order valence-corrected chi connectivity index (χ1v) is 5.77. The van der Waals surface area contributed by atoms with Gasteiger partial charge in [0.15, 0.2) is 0 Å². The Morgan fingerprint density at radius 1 is 1.06 bits per heavy atom. The van der Waals surface area contributed by atoms with Crippen LogP contribution in [0.4, 0.5) is 11.4 Å². The summed E-state index contributed by atoms with van der Waals surface area (Å²) in [7, 11) is 2.09. The average Bonchev–Trinajstić information content (AvgIpc) is 2.29. The third-order valence-corrected chi connectivity index (χ3v) is 2.85. The molecule has 0 unspecified atom stereocenters. The van der Waals surface area contributed by atoms with Crippen LogP contribution in [0.15, 0.2) is 48.5 Å². The van der Waals surface area contributed by atoms with Crippen molar-refractivity contribution in [2.45, 2.75) is 13.5 Å². The third kappa shape index (κ3) is 3.00. The predicted octanol–water partition coefficient (Wildman–Crippen LogP) is 3.21. The topological polar surface area (TPSA) is 29.3 Å². The lowest BCUT2D eigenvalue weighted by atomic mass is 10.1. The van der Waals surface area contributed by atoms with Crippen LogP contribution < -0.4 is 10.6 Å². The van der Waals surface area contributed by atoms with Crippen LogP contribution in [0.1, 0.15) is 11.1 Å². The fourth-order valence-electron chi connectivity index (χ4n) is 1.86. The lowest BCUT2D eigenvalue weighted by molar-refractivity contribution is 0.923. The maximum atomic E-state index is 5.77. The second-order valence-electron chi connectivity index (χ2n) is 4.44. The standard InChI is InChI=1S/C15H18N2/c1-12-6-8-15(9-7-12)17(2)11-13-4-3-5-14(16)10-13/h3-10H,11,16H2,1-2H3. The Morgan fingerprint density at radius 3 is 2.41 bits per heavy atom. The Labute approximate surface area is 103 Å². The summed E-state index contributed by atoms with van der Waals surface area (Å²) in [6.45, 7) is 2.97. The Balaban J connectivity index is 2.11. The van der Waals surface area contributed by atoms with Crippen LogP contribution in [0.2, 0.25) is 0 Å². The number of nitrogens with two attached hydrogens (primary N) is 1. The SMILES string of the molecule is Cc1ccc(N(C)Cc2cccc(N)c2)cc1. The molecule has 88 valence electrons. The van der Waals surface area contributed by atoms with E-state index in [2.05, 4.69) is 49.2 Å². The first kappa shape index (κ1) is 11.5. The van der Waals surface area contributed by atoms with Crippen molar-refractivity contribution < 1.29 is 0 Å². The van der Waals surface area contributed by atoms with Gasteiger partial charge in [0.2, 0.25) is 0 Å². The van der Waals surface area contributed by atoms with Gasteiger partial charge in [0.05, 0.1) is 0 Å². The molecule has 0 heterocycles. The molecule has 0 aliphatic heterocycles. The highest BCUT2D eigenvalue weighted by molar-refractivity contribution is 5.48. The normalized spacial score (nSPS) is 10.2. The fourth-order valence-corrected chi connectivity index (χ4v) is 1.86. The van der Waals surface area contributed by atoms with Gasteiger partial charge < -0.3 is 10.6 Å². The van der Waals surface area contributed by atoms with Gasteiger partial charge in [0.1, 0.15) is 0 Å². The van der Waals surface area contributed by atoms with E-state index in [4.69, 9.17) is 5.73 Å². The van der Waals surface area contributed by atoms with Crippen LogP contribution in [-0.2, 0) is 6.54 Å². The van der Waals surface area contributed by atoms with Gasteiger partial charge in [-0.15, -0.1) is 0 Å². The monoisotopic (exact) mass is 226 g/mol. The van der Waals surface area contributed by atoms with Gasteiger partial charge in [-0.3, -0.25) is 0 Å². The van der Waals surface area contributed by atoms with E-state index >= 15 is 0 Å². The Kier molecular flexibility index (Phi) is 3.33. The van der Waals surface area contributed by atoms with E-state index in [1.165, 1.54) is 16.8 Å². The van der Waals surface area contributed by atoms with Crippen LogP contribution in [0, 0.1) is 6.92 Å². The molecule has 0 saturated carbocycles. The lowest BCUT2D eigenvalue weighted by Gasteiger charge is -2.19. The van der Waals surface area contributed by atoms with Crippen molar-refractivity contribution in [1.82, 2.24) is 0 Å². The lowest BCUT2D eigenvalue weighted by Crippen LogP contribution is -2.16. The summed E-state index contributed by atoms with van der Waals surface area (Å²) in [5.74, 6) is 0. The zero-order chi connectivity index (χ0) is 12.3. The summed E-state index contributed by atoms with van der Waals surface area (Å²) in [4.78, 5) is 2.22. The molecule has 0 aliphatic carbocycles. The van der Waals surface area contributed by atoms with Crippen LogP contribution >= 0.6 is 0 Å². The van der Waals surface area contributed by atoms with E-state index in [1.54, 1.807) is 0 Å². The molecule has 0 radical (unpaired) electrons. The van der Waals surface area contributed by atoms with Crippen molar-refractivity contribution >= 4 is 11.4 Å². The number of nitrogen functional groups attached to an aromatic ring is 1. The summed E-state index contributed by atoms with van der Waals surface area (Å²) in [5.41, 5.74) is 10.3. The number of hydrogen-bond acceptors (Lipinski definition) is 2. The highest BCUT2D eigenvalue weighted by Gasteiger charge is 2.01. The Bertz CT molecular complexity index is 489. The largest absolute Gasteiger partial charge is 0.399 e. The fraction of sp³-hybridized carbons (Fsp3) is 0.200. The molecular weight excluding hydrogens is 208 g/mol. The van der Waals surface area contributed by atoms with Crippen molar-refractivity contribution in [3.63, 3.8) is 0 Å². The van der Waals surface area contributed by atoms with E-state index in [0.29, 0.717) is 0 Å². The summed E-state index contributed by atoms with van der Waals surface area (Å²) in [6, 6.07) is 16.6. The summed E-state index contributed by atoms with van der Waals surface area (Å²) in [5, 5.41) is 0. The summed E-state index contributed by atoms with van der Waals surface area (Å²) < 4.78 is 0. The van der Waals surface area contributed by atoms with Gasteiger partial charge in [0.25, 0.3) is 0 Å². The zero-order valence-corrected chi connectivity index (χ0v) is 10.4. The van der Waals surface area contributed by atoms with Crippen LogP contribution in [0.3, 0.4) is 0 Å². The molecule has 0 fully saturated rings. The van der Waals surface area contributed by atoms with Crippen molar-refractivity contribution in [2.24, 2.45) is 0 Å². The van der Waals surface area contributed by atoms with Crippen molar-refractivity contribution in [3.05, 3.63) is 59.7 Å². The second-order valence-corrected chi connectivity index (χ2v) is 4.44. The predicted molar refractivity (Wildman–Crippen MR) is 74.1 cm³/mol. The molecular formula is C15H18N2. The molecule has 0 aliphatic rings. The first-order valence-electron chi connectivity index (χ1n) is 5.77. The number of aryl methyl sites for hydroxylation is 1. The van der Waals surface area contributed by atoms with Gasteiger partial charge in [-0.1, -0.05) is 29.8 Å². The van der Waals surface area contributed by atoms with Crippen molar-refractivity contribution in [1.29, 1.82) is 0 Å². The van der Waals surface area contributed by atoms with Crippen LogP contribution in [0.5, 0.6) is 0 Å². The smallest absolute Gasteiger partial charge is 0.0426 e. The van der Waals surface area contributed by atoms with Crippen LogP contribution in [-0.4, -0.2) is 7.05 Å². The van der Waals surface area contributed by atoms with E-state index in [1.807, 2.05) is 18.2 Å². The maximum Gasteiger partial charge on any atom is 0.0426 e. The first-order chi connectivity index (χ1) is 8.15. The van der Waals surface area contributed by atoms with Crippen molar-refractivity contribution in [2.75, 3.05) is 17.7 Å². The van der Waals surface area contributed by atoms with Gasteiger partial charge in [-0.25, -0.2) is 0 Å². The molecule has 0 spiro atoms. The molecule has 0 saturated heterocycles. The summed E-state index contributed by atoms with van der Waals surface area (Å²) >= 11 is 0. The minimum absolute atomic E-state index is 0.819. The number of hydrogen-bond donors (Lipinski definition) is 1. The van der Waals surface area contributed by atoms with Crippen molar-refractivity contribution in [3.8, 4) is 0 Å². The minimum Gasteiger partial charge on any atom is -0.399 e. The number of benzene rings is 2. The van der Waals surface area contributed by atoms with E-state index in [-0.39, 0.29) is 0 Å². The highest BCUT2D eigenvalue weighted by atomic mass is 15.1. The number of nitrogens with zero attached hydrogens (tertiary/aromatic N) is 1. The van der Waals surface area contributed by atoms with E-state index < -0.39 is 0 Å². The van der Waals surface area contributed by atoms with Gasteiger partial charge in [-0.2, -0.15) is 0 Å². The molecule has 2 N–H and O–H groups in total.